The topological polar surface area (TPSA) is 105 Å². The number of ether oxygens (including phenoxy) is 3. The van der Waals surface area contributed by atoms with E-state index in [2.05, 4.69) is 5.32 Å². The van der Waals surface area contributed by atoms with Crippen LogP contribution in [0.2, 0.25) is 0 Å². The normalized spacial score (nSPS) is 18.7. The Labute approximate surface area is 188 Å². The van der Waals surface area contributed by atoms with Crippen molar-refractivity contribution in [3.8, 4) is 22.6 Å². The number of carbonyl (C=O) groups is 1. The number of benzene rings is 1. The Morgan fingerprint density at radius 1 is 1.09 bits per heavy atom. The van der Waals surface area contributed by atoms with Gasteiger partial charge in [0.05, 0.1) is 13.2 Å². The number of nitrogens with one attached hydrogen (secondary N) is 1. The molecule has 3 rings (SSSR count). The Morgan fingerprint density at radius 3 is 2.41 bits per heavy atom. The SMILES string of the molecule is COc1cc(=O)n(C)cc1-c1cc(N)ccc1OC1CCC(NC(=O)OC(C)(C)C)CC1. The van der Waals surface area contributed by atoms with E-state index in [0.717, 1.165) is 36.8 Å². The molecule has 0 bridgehead atoms. The number of nitrogens with two attached hydrogens (primary N) is 1. The molecule has 0 saturated heterocycles. The molecule has 1 heterocycles. The molecule has 0 spiro atoms. The minimum atomic E-state index is -0.516. The molecule has 8 heteroatoms. The van der Waals surface area contributed by atoms with E-state index >= 15 is 0 Å². The summed E-state index contributed by atoms with van der Waals surface area (Å²) in [6, 6.07) is 6.99. The summed E-state index contributed by atoms with van der Waals surface area (Å²) in [6.07, 6.45) is 4.56. The fourth-order valence-corrected chi connectivity index (χ4v) is 3.82. The molecule has 1 aromatic heterocycles. The maximum absolute atomic E-state index is 12.0. The van der Waals surface area contributed by atoms with Crippen molar-refractivity contribution in [2.75, 3.05) is 12.8 Å². The van der Waals surface area contributed by atoms with Crippen molar-refractivity contribution < 1.29 is 19.0 Å². The van der Waals surface area contributed by atoms with E-state index in [1.807, 2.05) is 32.9 Å². The smallest absolute Gasteiger partial charge is 0.407 e. The first-order chi connectivity index (χ1) is 15.1. The van der Waals surface area contributed by atoms with Crippen LogP contribution in [0.25, 0.3) is 11.1 Å². The number of pyridine rings is 1. The molecule has 0 unspecified atom stereocenters. The van der Waals surface area contributed by atoms with Crippen molar-refractivity contribution in [2.45, 2.75) is 64.2 Å². The van der Waals surface area contributed by atoms with E-state index in [-0.39, 0.29) is 23.8 Å². The molecule has 3 N–H and O–H groups in total. The van der Waals surface area contributed by atoms with Crippen molar-refractivity contribution in [3.05, 3.63) is 40.8 Å². The van der Waals surface area contributed by atoms with Crippen LogP contribution in [-0.2, 0) is 11.8 Å². The summed E-state index contributed by atoms with van der Waals surface area (Å²) < 4.78 is 18.6. The number of rotatable bonds is 5. The van der Waals surface area contributed by atoms with Gasteiger partial charge in [-0.3, -0.25) is 4.79 Å². The van der Waals surface area contributed by atoms with Crippen LogP contribution in [0.1, 0.15) is 46.5 Å². The van der Waals surface area contributed by atoms with Crippen molar-refractivity contribution in [3.63, 3.8) is 0 Å². The molecule has 8 nitrogen and oxygen atoms in total. The number of aromatic nitrogens is 1. The highest BCUT2D eigenvalue weighted by Gasteiger charge is 2.26. The molecular formula is C24H33N3O5. The fourth-order valence-electron chi connectivity index (χ4n) is 3.82. The van der Waals surface area contributed by atoms with Gasteiger partial charge in [0, 0.05) is 42.2 Å². The molecule has 1 aliphatic rings. The molecule has 174 valence electrons. The largest absolute Gasteiger partial charge is 0.496 e. The monoisotopic (exact) mass is 443 g/mol. The van der Waals surface area contributed by atoms with Crippen LogP contribution in [0, 0.1) is 0 Å². The number of nitrogens with zero attached hydrogens (tertiary/aromatic N) is 1. The number of alkyl carbamates (subject to hydrolysis) is 1. The second-order valence-electron chi connectivity index (χ2n) is 9.20. The molecule has 1 aromatic carbocycles. The van der Waals surface area contributed by atoms with Gasteiger partial charge in [-0.05, 0) is 64.7 Å². The summed E-state index contributed by atoms with van der Waals surface area (Å²) >= 11 is 0. The van der Waals surface area contributed by atoms with Gasteiger partial charge in [-0.25, -0.2) is 4.79 Å². The number of anilines is 1. The van der Waals surface area contributed by atoms with Gasteiger partial charge in [0.15, 0.2) is 0 Å². The summed E-state index contributed by atoms with van der Waals surface area (Å²) in [4.78, 5) is 24.1. The van der Waals surface area contributed by atoms with Crippen LogP contribution in [0.5, 0.6) is 11.5 Å². The number of amides is 1. The predicted molar refractivity (Wildman–Crippen MR) is 124 cm³/mol. The third kappa shape index (κ3) is 5.96. The van der Waals surface area contributed by atoms with E-state index in [1.165, 1.54) is 17.7 Å². The number of nitrogen functional groups attached to an aromatic ring is 1. The van der Waals surface area contributed by atoms with Crippen LogP contribution in [-0.4, -0.2) is 35.5 Å². The Morgan fingerprint density at radius 2 is 1.78 bits per heavy atom. The molecule has 2 aromatic rings. The van der Waals surface area contributed by atoms with Gasteiger partial charge >= 0.3 is 6.09 Å². The number of hydrogen-bond donors (Lipinski definition) is 2. The lowest BCUT2D eigenvalue weighted by molar-refractivity contribution is 0.0471. The summed E-state index contributed by atoms with van der Waals surface area (Å²) in [5, 5.41) is 2.95. The number of methoxy groups -OCH3 is 1. The van der Waals surface area contributed by atoms with Crippen molar-refractivity contribution in [1.29, 1.82) is 0 Å². The molecule has 1 fully saturated rings. The fraction of sp³-hybridized carbons (Fsp3) is 0.500. The summed E-state index contributed by atoms with van der Waals surface area (Å²) in [5.41, 5.74) is 7.47. The van der Waals surface area contributed by atoms with Crippen molar-refractivity contribution in [1.82, 2.24) is 9.88 Å². The lowest BCUT2D eigenvalue weighted by Gasteiger charge is -2.31. The highest BCUT2D eigenvalue weighted by molar-refractivity contribution is 5.77. The van der Waals surface area contributed by atoms with Crippen molar-refractivity contribution >= 4 is 11.8 Å². The van der Waals surface area contributed by atoms with Crippen LogP contribution in [0.4, 0.5) is 10.5 Å². The first kappa shape index (κ1) is 23.5. The Bertz CT molecular complexity index is 1020. The van der Waals surface area contributed by atoms with E-state index < -0.39 is 5.60 Å². The predicted octanol–water partition coefficient (Wildman–Crippen LogP) is 3.86. The lowest BCUT2D eigenvalue weighted by Crippen LogP contribution is -2.42. The summed E-state index contributed by atoms with van der Waals surface area (Å²) in [5.74, 6) is 1.15. The third-order valence-electron chi connectivity index (χ3n) is 5.39. The zero-order chi connectivity index (χ0) is 23.5. The first-order valence-corrected chi connectivity index (χ1v) is 10.9. The van der Waals surface area contributed by atoms with Crippen LogP contribution in [0.15, 0.2) is 35.3 Å². The zero-order valence-electron chi connectivity index (χ0n) is 19.4. The second kappa shape index (κ2) is 9.54. The molecule has 0 radical (unpaired) electrons. The maximum Gasteiger partial charge on any atom is 0.407 e. The quantitative estimate of drug-likeness (QED) is 0.680. The average Bonchev–Trinajstić information content (AvgIpc) is 2.71. The number of aryl methyl sites for hydroxylation is 1. The second-order valence-corrected chi connectivity index (χ2v) is 9.20. The molecule has 1 amide bonds. The zero-order valence-corrected chi connectivity index (χ0v) is 19.4. The Hall–Kier alpha value is -3.16. The number of carbonyl (C=O) groups excluding carboxylic acids is 1. The van der Waals surface area contributed by atoms with E-state index in [4.69, 9.17) is 19.9 Å². The minimum Gasteiger partial charge on any atom is -0.496 e. The van der Waals surface area contributed by atoms with Gasteiger partial charge in [0.2, 0.25) is 0 Å². The summed E-state index contributed by atoms with van der Waals surface area (Å²) in [7, 11) is 3.22. The third-order valence-corrected chi connectivity index (χ3v) is 5.39. The number of hydrogen-bond acceptors (Lipinski definition) is 6. The van der Waals surface area contributed by atoms with E-state index in [0.29, 0.717) is 17.2 Å². The van der Waals surface area contributed by atoms with Gasteiger partial charge < -0.3 is 29.8 Å². The van der Waals surface area contributed by atoms with Gasteiger partial charge in [-0.1, -0.05) is 0 Å². The first-order valence-electron chi connectivity index (χ1n) is 10.9. The Balaban J connectivity index is 1.72. The molecule has 32 heavy (non-hydrogen) atoms. The van der Waals surface area contributed by atoms with E-state index in [9.17, 15) is 9.59 Å². The van der Waals surface area contributed by atoms with Gasteiger partial charge in [-0.2, -0.15) is 0 Å². The highest BCUT2D eigenvalue weighted by atomic mass is 16.6. The molecular weight excluding hydrogens is 410 g/mol. The Kier molecular flexibility index (Phi) is 7.01. The lowest BCUT2D eigenvalue weighted by atomic mass is 9.93. The standard InChI is InChI=1S/C24H33N3O5/c1-24(2,3)32-23(29)26-16-7-9-17(10-8-16)31-20-11-6-15(25)12-18(20)19-14-27(4)22(28)13-21(19)30-5/h6,11-14,16-17H,7-10,25H2,1-5H3,(H,26,29). The van der Waals surface area contributed by atoms with Crippen LogP contribution in [0.3, 0.4) is 0 Å². The average molecular weight is 444 g/mol. The minimum absolute atomic E-state index is 0.00703. The van der Waals surface area contributed by atoms with Crippen LogP contribution >= 0.6 is 0 Å². The molecule has 0 aliphatic heterocycles. The highest BCUT2D eigenvalue weighted by Crippen LogP contribution is 2.38. The van der Waals surface area contributed by atoms with Crippen LogP contribution < -0.4 is 26.1 Å². The van der Waals surface area contributed by atoms with Gasteiger partial charge in [0.1, 0.15) is 17.1 Å². The molecule has 1 saturated carbocycles. The maximum atomic E-state index is 12.0. The molecule has 1 aliphatic carbocycles. The van der Waals surface area contributed by atoms with Gasteiger partial charge in [0.25, 0.3) is 5.56 Å². The van der Waals surface area contributed by atoms with E-state index in [1.54, 1.807) is 19.3 Å². The van der Waals surface area contributed by atoms with Gasteiger partial charge in [-0.15, -0.1) is 0 Å². The molecule has 0 atom stereocenters. The summed E-state index contributed by atoms with van der Waals surface area (Å²) in [6.45, 7) is 5.55. The van der Waals surface area contributed by atoms with Crippen molar-refractivity contribution in [2.24, 2.45) is 7.05 Å².